The Bertz CT molecular complexity index is 734. The summed E-state index contributed by atoms with van der Waals surface area (Å²) in [5, 5.41) is 3.39. The van der Waals surface area contributed by atoms with Gasteiger partial charge in [0.25, 0.3) is 0 Å². The molecule has 4 heterocycles. The van der Waals surface area contributed by atoms with E-state index in [0.717, 1.165) is 56.3 Å². The summed E-state index contributed by atoms with van der Waals surface area (Å²) in [5.41, 5.74) is 8.65. The summed E-state index contributed by atoms with van der Waals surface area (Å²) in [6.07, 6.45) is 4.28. The molecule has 0 aliphatic carbocycles. The van der Waals surface area contributed by atoms with Crippen molar-refractivity contribution in [3.63, 3.8) is 0 Å². The second-order valence-corrected chi connectivity index (χ2v) is 6.17. The first-order chi connectivity index (χ1) is 11.7. The number of anilines is 2. The zero-order valence-corrected chi connectivity index (χ0v) is 13.7. The summed E-state index contributed by atoms with van der Waals surface area (Å²) in [6.45, 7) is 6.16. The van der Waals surface area contributed by atoms with Crippen LogP contribution >= 0.6 is 0 Å². The smallest absolute Gasteiger partial charge is 0.219 e. The maximum atomic E-state index is 5.59. The number of fused-ring (bicyclic) bond motifs is 1. The number of morpholine rings is 1. The van der Waals surface area contributed by atoms with Gasteiger partial charge in [0.1, 0.15) is 5.82 Å². The molecule has 0 aromatic carbocycles. The first-order valence-electron chi connectivity index (χ1n) is 8.25. The summed E-state index contributed by atoms with van der Waals surface area (Å²) in [4.78, 5) is 20.1. The van der Waals surface area contributed by atoms with Crippen molar-refractivity contribution >= 4 is 11.8 Å². The highest BCUT2D eigenvalue weighted by molar-refractivity contribution is 5.60. The fourth-order valence-corrected chi connectivity index (χ4v) is 3.20. The van der Waals surface area contributed by atoms with Gasteiger partial charge in [0.05, 0.1) is 30.5 Å². The Balaban J connectivity index is 1.81. The van der Waals surface area contributed by atoms with Crippen LogP contribution in [0.25, 0.3) is 11.4 Å². The number of hydrogen-bond donors (Lipinski definition) is 2. The molecule has 0 amide bonds. The van der Waals surface area contributed by atoms with E-state index in [0.29, 0.717) is 11.9 Å². The van der Waals surface area contributed by atoms with Gasteiger partial charge in [0.15, 0.2) is 5.82 Å². The molecule has 24 heavy (non-hydrogen) atoms. The molecule has 3 N–H and O–H groups in total. The van der Waals surface area contributed by atoms with Gasteiger partial charge in [-0.05, 0) is 19.9 Å². The molecule has 8 heteroatoms. The molecule has 1 saturated heterocycles. The molecule has 0 radical (unpaired) electrons. The zero-order chi connectivity index (χ0) is 16.5. The highest BCUT2D eigenvalue weighted by atomic mass is 16.5. The van der Waals surface area contributed by atoms with E-state index in [9.17, 15) is 0 Å². The second kappa shape index (κ2) is 6.29. The maximum Gasteiger partial charge on any atom is 0.219 e. The Hall–Kier alpha value is -2.32. The molecule has 4 rings (SSSR count). The standard InChI is InChI=1S/C16H21N7O/c1-10-9-24-5-4-23(10)15-12-2-3-18-8-13(12)21-14(22-15)11-6-19-16(17)20-7-11/h6-7,10,18H,2-5,8-9H2,1H3,(H2,17,19,20)/t10-/m0/s1. The summed E-state index contributed by atoms with van der Waals surface area (Å²) in [7, 11) is 0. The molecular formula is C16H21N7O. The first-order valence-corrected chi connectivity index (χ1v) is 8.25. The van der Waals surface area contributed by atoms with Gasteiger partial charge in [-0.25, -0.2) is 19.9 Å². The van der Waals surface area contributed by atoms with Gasteiger partial charge < -0.3 is 20.7 Å². The predicted octanol–water partition coefficient (Wildman–Crippen LogP) is 0.387. The van der Waals surface area contributed by atoms with E-state index >= 15 is 0 Å². The molecule has 1 atom stereocenters. The SMILES string of the molecule is C[C@H]1COCCN1c1nc(-c2cnc(N)nc2)nc2c1CCNC2. The number of ether oxygens (including phenoxy) is 1. The van der Waals surface area contributed by atoms with Crippen molar-refractivity contribution in [2.75, 3.05) is 36.9 Å². The van der Waals surface area contributed by atoms with E-state index in [-0.39, 0.29) is 5.95 Å². The summed E-state index contributed by atoms with van der Waals surface area (Å²) in [5.74, 6) is 1.91. The van der Waals surface area contributed by atoms with Crippen LogP contribution in [0.1, 0.15) is 18.2 Å². The Kier molecular flexibility index (Phi) is 3.99. The fourth-order valence-electron chi connectivity index (χ4n) is 3.20. The number of nitrogen functional groups attached to an aromatic ring is 1. The molecule has 1 fully saturated rings. The van der Waals surface area contributed by atoms with Crippen molar-refractivity contribution in [3.8, 4) is 11.4 Å². The van der Waals surface area contributed by atoms with Crippen LogP contribution < -0.4 is 16.0 Å². The van der Waals surface area contributed by atoms with Gasteiger partial charge in [-0.2, -0.15) is 0 Å². The lowest BCUT2D eigenvalue weighted by molar-refractivity contribution is 0.0984. The number of nitrogens with zero attached hydrogens (tertiary/aromatic N) is 5. The highest BCUT2D eigenvalue weighted by Crippen LogP contribution is 2.29. The topological polar surface area (TPSA) is 102 Å². The van der Waals surface area contributed by atoms with Gasteiger partial charge in [0.2, 0.25) is 5.95 Å². The zero-order valence-electron chi connectivity index (χ0n) is 13.7. The molecule has 0 unspecified atom stereocenters. The molecule has 126 valence electrons. The first kappa shape index (κ1) is 15.2. The Morgan fingerprint density at radius 3 is 2.92 bits per heavy atom. The quantitative estimate of drug-likeness (QED) is 0.816. The van der Waals surface area contributed by atoms with Crippen molar-refractivity contribution in [2.24, 2.45) is 0 Å². The third kappa shape index (κ3) is 2.78. The van der Waals surface area contributed by atoms with Crippen LogP contribution in [0.15, 0.2) is 12.4 Å². The van der Waals surface area contributed by atoms with Gasteiger partial charge in [-0.3, -0.25) is 0 Å². The average molecular weight is 327 g/mol. The van der Waals surface area contributed by atoms with Gasteiger partial charge in [-0.15, -0.1) is 0 Å². The van der Waals surface area contributed by atoms with Gasteiger partial charge in [0, 0.05) is 31.0 Å². The van der Waals surface area contributed by atoms with Crippen molar-refractivity contribution in [1.82, 2.24) is 25.3 Å². The van der Waals surface area contributed by atoms with Gasteiger partial charge in [-0.1, -0.05) is 0 Å². The number of nitrogens with one attached hydrogen (secondary N) is 1. The van der Waals surface area contributed by atoms with E-state index < -0.39 is 0 Å². The maximum absolute atomic E-state index is 5.59. The second-order valence-electron chi connectivity index (χ2n) is 6.17. The van der Waals surface area contributed by atoms with Crippen LogP contribution in [-0.4, -0.2) is 52.3 Å². The van der Waals surface area contributed by atoms with Crippen LogP contribution in [0.4, 0.5) is 11.8 Å². The molecule has 0 bridgehead atoms. The van der Waals surface area contributed by atoms with Crippen molar-refractivity contribution in [1.29, 1.82) is 0 Å². The Labute approximate surface area is 140 Å². The third-order valence-electron chi connectivity index (χ3n) is 4.48. The fraction of sp³-hybridized carbons (Fsp3) is 0.500. The van der Waals surface area contributed by atoms with E-state index in [1.807, 2.05) is 0 Å². The van der Waals surface area contributed by atoms with E-state index in [4.69, 9.17) is 20.4 Å². The number of nitrogens with two attached hydrogens (primary N) is 1. The normalized spacial score (nSPS) is 20.7. The van der Waals surface area contributed by atoms with Crippen molar-refractivity contribution in [3.05, 3.63) is 23.7 Å². The van der Waals surface area contributed by atoms with Crippen LogP contribution in [0, 0.1) is 0 Å². The Morgan fingerprint density at radius 2 is 2.12 bits per heavy atom. The molecule has 2 aliphatic heterocycles. The largest absolute Gasteiger partial charge is 0.377 e. The lowest BCUT2D eigenvalue weighted by Gasteiger charge is -2.36. The van der Waals surface area contributed by atoms with Crippen LogP contribution in [0.2, 0.25) is 0 Å². The summed E-state index contributed by atoms with van der Waals surface area (Å²) < 4.78 is 5.57. The van der Waals surface area contributed by atoms with Crippen LogP contribution in [0.3, 0.4) is 0 Å². The molecule has 8 nitrogen and oxygen atoms in total. The van der Waals surface area contributed by atoms with Gasteiger partial charge >= 0.3 is 0 Å². The molecule has 2 aromatic heterocycles. The van der Waals surface area contributed by atoms with Crippen molar-refractivity contribution in [2.45, 2.75) is 25.9 Å². The molecule has 0 saturated carbocycles. The molecule has 0 spiro atoms. The number of rotatable bonds is 2. The minimum absolute atomic E-state index is 0.250. The van der Waals surface area contributed by atoms with E-state index in [1.165, 1.54) is 5.56 Å². The lowest BCUT2D eigenvalue weighted by Crippen LogP contribution is -2.45. The number of hydrogen-bond acceptors (Lipinski definition) is 8. The molecular weight excluding hydrogens is 306 g/mol. The highest BCUT2D eigenvalue weighted by Gasteiger charge is 2.27. The third-order valence-corrected chi connectivity index (χ3v) is 4.48. The monoisotopic (exact) mass is 327 g/mol. The Morgan fingerprint density at radius 1 is 1.29 bits per heavy atom. The molecule has 2 aromatic rings. The summed E-state index contributed by atoms with van der Waals surface area (Å²) >= 11 is 0. The summed E-state index contributed by atoms with van der Waals surface area (Å²) in [6, 6.07) is 0.295. The minimum Gasteiger partial charge on any atom is -0.377 e. The van der Waals surface area contributed by atoms with Crippen LogP contribution in [-0.2, 0) is 17.7 Å². The predicted molar refractivity (Wildman–Crippen MR) is 90.5 cm³/mol. The van der Waals surface area contributed by atoms with E-state index in [1.54, 1.807) is 12.4 Å². The van der Waals surface area contributed by atoms with Crippen molar-refractivity contribution < 1.29 is 4.74 Å². The minimum atomic E-state index is 0.250. The van der Waals surface area contributed by atoms with Crippen LogP contribution in [0.5, 0.6) is 0 Å². The average Bonchev–Trinajstić information content (AvgIpc) is 2.62. The number of aromatic nitrogens is 4. The molecule has 2 aliphatic rings. The lowest BCUT2D eigenvalue weighted by atomic mass is 10.0. The van der Waals surface area contributed by atoms with E-state index in [2.05, 4.69) is 27.1 Å².